The van der Waals surface area contributed by atoms with Crippen LogP contribution >= 0.6 is 0 Å². The van der Waals surface area contributed by atoms with Crippen molar-refractivity contribution < 1.29 is 14.7 Å². The molecule has 0 aromatic heterocycles. The molecule has 3 N–H and O–H groups in total. The number of aliphatic hydroxyl groups excluding tert-OH is 1. The zero-order chi connectivity index (χ0) is 18.2. The standard InChI is InChI=1S/C20H28N2O3/c1-14(2)11-19(24)21-12-15-7-9-17(10-8-15)20(25)22-13-18(23)16-5-3-4-6-16/h7-11,16,18,23H,3-6,12-13H2,1-2H3,(H,21,24)(H,22,25). The van der Waals surface area contributed by atoms with Gasteiger partial charge in [-0.1, -0.05) is 30.5 Å². The number of nitrogens with one attached hydrogen (secondary N) is 2. The van der Waals surface area contributed by atoms with Gasteiger partial charge in [-0.25, -0.2) is 0 Å². The van der Waals surface area contributed by atoms with Gasteiger partial charge >= 0.3 is 0 Å². The van der Waals surface area contributed by atoms with Crippen LogP contribution in [-0.2, 0) is 11.3 Å². The summed E-state index contributed by atoms with van der Waals surface area (Å²) in [5.74, 6) is 0.00647. The molecule has 0 saturated heterocycles. The molecule has 25 heavy (non-hydrogen) atoms. The predicted octanol–water partition coefficient (Wildman–Crippen LogP) is 2.55. The van der Waals surface area contributed by atoms with Gasteiger partial charge in [-0.2, -0.15) is 0 Å². The molecule has 1 aliphatic carbocycles. The SMILES string of the molecule is CC(C)=CC(=O)NCc1ccc(C(=O)NCC(O)C2CCCC2)cc1. The van der Waals surface area contributed by atoms with E-state index in [4.69, 9.17) is 0 Å². The van der Waals surface area contributed by atoms with Crippen LogP contribution in [0.15, 0.2) is 35.9 Å². The number of benzene rings is 1. The van der Waals surface area contributed by atoms with E-state index in [2.05, 4.69) is 10.6 Å². The summed E-state index contributed by atoms with van der Waals surface area (Å²) in [5.41, 5.74) is 2.43. The van der Waals surface area contributed by atoms with Crippen LogP contribution in [0.2, 0.25) is 0 Å². The number of hydrogen-bond acceptors (Lipinski definition) is 3. The lowest BCUT2D eigenvalue weighted by Crippen LogP contribution is -2.35. The number of rotatable bonds is 7. The minimum Gasteiger partial charge on any atom is -0.391 e. The van der Waals surface area contributed by atoms with Crippen molar-refractivity contribution in [2.75, 3.05) is 6.54 Å². The molecule has 0 bridgehead atoms. The largest absolute Gasteiger partial charge is 0.391 e. The van der Waals surface area contributed by atoms with Crippen LogP contribution in [0, 0.1) is 5.92 Å². The second-order valence-corrected chi connectivity index (χ2v) is 6.96. The van der Waals surface area contributed by atoms with Crippen LogP contribution in [0.25, 0.3) is 0 Å². The van der Waals surface area contributed by atoms with Gasteiger partial charge in [-0.3, -0.25) is 9.59 Å². The van der Waals surface area contributed by atoms with Crippen molar-refractivity contribution in [3.05, 3.63) is 47.0 Å². The highest BCUT2D eigenvalue weighted by atomic mass is 16.3. The van der Waals surface area contributed by atoms with E-state index in [0.717, 1.165) is 24.0 Å². The van der Waals surface area contributed by atoms with Crippen molar-refractivity contribution >= 4 is 11.8 Å². The van der Waals surface area contributed by atoms with Crippen molar-refractivity contribution in [3.8, 4) is 0 Å². The van der Waals surface area contributed by atoms with E-state index in [9.17, 15) is 14.7 Å². The zero-order valence-corrected chi connectivity index (χ0v) is 15.0. The Labute approximate surface area is 149 Å². The zero-order valence-electron chi connectivity index (χ0n) is 15.0. The fourth-order valence-corrected chi connectivity index (χ4v) is 3.08. The number of aliphatic hydroxyl groups is 1. The van der Waals surface area contributed by atoms with E-state index in [0.29, 0.717) is 24.6 Å². The number of hydrogen-bond donors (Lipinski definition) is 3. The highest BCUT2D eigenvalue weighted by Gasteiger charge is 2.23. The minimum absolute atomic E-state index is 0.122. The summed E-state index contributed by atoms with van der Waals surface area (Å²) in [4.78, 5) is 23.7. The Kier molecular flexibility index (Phi) is 7.19. The molecule has 1 saturated carbocycles. The second-order valence-electron chi connectivity index (χ2n) is 6.96. The molecule has 1 atom stereocenters. The fourth-order valence-electron chi connectivity index (χ4n) is 3.08. The monoisotopic (exact) mass is 344 g/mol. The summed E-state index contributed by atoms with van der Waals surface area (Å²) in [6, 6.07) is 7.12. The molecule has 5 heteroatoms. The van der Waals surface area contributed by atoms with E-state index >= 15 is 0 Å². The molecule has 1 aliphatic rings. The molecule has 2 amide bonds. The fraction of sp³-hybridized carbons (Fsp3) is 0.500. The molecule has 2 rings (SSSR count). The van der Waals surface area contributed by atoms with Gasteiger partial charge in [-0.15, -0.1) is 0 Å². The van der Waals surface area contributed by atoms with Crippen molar-refractivity contribution in [1.29, 1.82) is 0 Å². The summed E-state index contributed by atoms with van der Waals surface area (Å²) in [6.45, 7) is 4.46. The van der Waals surface area contributed by atoms with Crippen LogP contribution < -0.4 is 10.6 Å². The molecule has 1 aromatic rings. The number of allylic oxidation sites excluding steroid dienone is 1. The van der Waals surface area contributed by atoms with E-state index < -0.39 is 6.10 Å². The van der Waals surface area contributed by atoms with Crippen molar-refractivity contribution in [1.82, 2.24) is 10.6 Å². The van der Waals surface area contributed by atoms with Gasteiger partial charge in [0.15, 0.2) is 0 Å². The van der Waals surface area contributed by atoms with Crippen LogP contribution in [0.3, 0.4) is 0 Å². The van der Waals surface area contributed by atoms with E-state index in [1.54, 1.807) is 18.2 Å². The van der Waals surface area contributed by atoms with Crippen LogP contribution in [0.5, 0.6) is 0 Å². The molecule has 0 spiro atoms. The molecule has 1 aromatic carbocycles. The molecular formula is C20H28N2O3. The minimum atomic E-state index is -0.462. The first-order valence-corrected chi connectivity index (χ1v) is 8.93. The maximum absolute atomic E-state index is 12.2. The molecule has 0 aliphatic heterocycles. The Morgan fingerprint density at radius 2 is 1.80 bits per heavy atom. The number of carbonyl (C=O) groups is 2. The van der Waals surface area contributed by atoms with Gasteiger partial charge in [0.25, 0.3) is 5.91 Å². The lowest BCUT2D eigenvalue weighted by atomic mass is 10.0. The molecule has 0 heterocycles. The third kappa shape index (κ3) is 6.35. The summed E-state index contributed by atoms with van der Waals surface area (Å²) < 4.78 is 0. The van der Waals surface area contributed by atoms with Gasteiger partial charge in [0.05, 0.1) is 6.10 Å². The Balaban J connectivity index is 1.79. The van der Waals surface area contributed by atoms with Crippen molar-refractivity contribution in [2.24, 2.45) is 5.92 Å². The van der Waals surface area contributed by atoms with Gasteiger partial charge in [-0.05, 0) is 50.3 Å². The van der Waals surface area contributed by atoms with Crippen LogP contribution in [0.1, 0.15) is 55.5 Å². The summed E-state index contributed by atoms with van der Waals surface area (Å²) >= 11 is 0. The second kappa shape index (κ2) is 9.37. The van der Waals surface area contributed by atoms with Crippen LogP contribution in [0.4, 0.5) is 0 Å². The van der Waals surface area contributed by atoms with Crippen LogP contribution in [-0.4, -0.2) is 29.6 Å². The maximum atomic E-state index is 12.2. The summed E-state index contributed by atoms with van der Waals surface area (Å²) in [5, 5.41) is 15.7. The topological polar surface area (TPSA) is 78.4 Å². The molecule has 0 radical (unpaired) electrons. The van der Waals surface area contributed by atoms with Gasteiger partial charge in [0, 0.05) is 24.7 Å². The average molecular weight is 344 g/mol. The Hall–Kier alpha value is -2.14. The van der Waals surface area contributed by atoms with Gasteiger partial charge < -0.3 is 15.7 Å². The van der Waals surface area contributed by atoms with Gasteiger partial charge in [0.2, 0.25) is 5.91 Å². The van der Waals surface area contributed by atoms with E-state index in [-0.39, 0.29) is 11.8 Å². The third-order valence-corrected chi connectivity index (χ3v) is 4.52. The normalized spacial score (nSPS) is 15.5. The Morgan fingerprint density at radius 1 is 1.16 bits per heavy atom. The molecule has 1 unspecified atom stereocenters. The molecular weight excluding hydrogens is 316 g/mol. The van der Waals surface area contributed by atoms with Crippen molar-refractivity contribution in [3.63, 3.8) is 0 Å². The molecule has 1 fully saturated rings. The smallest absolute Gasteiger partial charge is 0.251 e. The predicted molar refractivity (Wildman–Crippen MR) is 98.0 cm³/mol. The highest BCUT2D eigenvalue weighted by Crippen LogP contribution is 2.27. The lowest BCUT2D eigenvalue weighted by molar-refractivity contribution is -0.116. The highest BCUT2D eigenvalue weighted by molar-refractivity contribution is 5.94. The Morgan fingerprint density at radius 3 is 2.40 bits per heavy atom. The van der Waals surface area contributed by atoms with Gasteiger partial charge in [0.1, 0.15) is 0 Å². The first-order chi connectivity index (χ1) is 12.0. The summed E-state index contributed by atoms with van der Waals surface area (Å²) in [7, 11) is 0. The third-order valence-electron chi connectivity index (χ3n) is 4.52. The number of amides is 2. The first kappa shape index (κ1) is 19.2. The maximum Gasteiger partial charge on any atom is 0.251 e. The number of carbonyl (C=O) groups excluding carboxylic acids is 2. The summed E-state index contributed by atoms with van der Waals surface area (Å²) in [6.07, 6.45) is 5.52. The average Bonchev–Trinajstić information content (AvgIpc) is 3.12. The van der Waals surface area contributed by atoms with Crippen molar-refractivity contribution in [2.45, 2.75) is 52.2 Å². The molecule has 136 valence electrons. The van der Waals surface area contributed by atoms with E-state index in [1.165, 1.54) is 12.8 Å². The van der Waals surface area contributed by atoms with E-state index in [1.807, 2.05) is 26.0 Å². The lowest BCUT2D eigenvalue weighted by Gasteiger charge is -2.18. The molecule has 5 nitrogen and oxygen atoms in total. The first-order valence-electron chi connectivity index (χ1n) is 8.93. The quantitative estimate of drug-likeness (QED) is 0.665. The Bertz CT molecular complexity index is 612.